The van der Waals surface area contributed by atoms with Gasteiger partial charge in [-0.05, 0) is 18.6 Å². The van der Waals surface area contributed by atoms with E-state index in [1.807, 2.05) is 30.3 Å². The Morgan fingerprint density at radius 1 is 1.15 bits per heavy atom. The fraction of sp³-hybridized carbons (Fsp3) is 0.455. The molecule has 1 nitrogen and oxygen atoms in total. The lowest BCUT2D eigenvalue weighted by Gasteiger charge is -2.04. The average molecular weight is 192 g/mol. The number of rotatable bonds is 6. The SMILES string of the molecule is C[Si]CCCCOc1ccccc1. The Balaban J connectivity index is 2.07. The summed E-state index contributed by atoms with van der Waals surface area (Å²) in [5, 5.41) is 0. The van der Waals surface area contributed by atoms with Crippen LogP contribution in [0, 0.1) is 0 Å². The van der Waals surface area contributed by atoms with E-state index in [4.69, 9.17) is 4.74 Å². The first kappa shape index (κ1) is 10.3. The summed E-state index contributed by atoms with van der Waals surface area (Å²) in [4.78, 5) is 0. The minimum absolute atomic E-state index is 0.856. The molecule has 0 fully saturated rings. The second kappa shape index (κ2) is 6.72. The molecule has 1 rings (SSSR count). The first-order chi connectivity index (χ1) is 6.43. The lowest BCUT2D eigenvalue weighted by atomic mass is 10.3. The van der Waals surface area contributed by atoms with Gasteiger partial charge in [-0.3, -0.25) is 0 Å². The summed E-state index contributed by atoms with van der Waals surface area (Å²) in [6, 6.07) is 11.4. The van der Waals surface area contributed by atoms with Gasteiger partial charge in [-0.1, -0.05) is 37.2 Å². The maximum atomic E-state index is 5.56. The molecule has 70 valence electrons. The van der Waals surface area contributed by atoms with Crippen LogP contribution in [0.25, 0.3) is 0 Å². The van der Waals surface area contributed by atoms with Gasteiger partial charge in [0, 0.05) is 9.52 Å². The van der Waals surface area contributed by atoms with Crippen molar-refractivity contribution < 1.29 is 4.74 Å². The molecule has 1 aromatic carbocycles. The average Bonchev–Trinajstić information content (AvgIpc) is 2.19. The standard InChI is InChI=1S/C11H16OSi/c1-13-10-6-5-9-12-11-7-3-2-4-8-11/h2-4,7-8H,5-6,9-10H2,1H3. The maximum absolute atomic E-state index is 5.56. The molecule has 2 heteroatoms. The summed E-state index contributed by atoms with van der Waals surface area (Å²) < 4.78 is 5.56. The van der Waals surface area contributed by atoms with Crippen molar-refractivity contribution in [2.75, 3.05) is 6.61 Å². The Hall–Kier alpha value is -0.763. The zero-order valence-corrected chi connectivity index (χ0v) is 9.12. The largest absolute Gasteiger partial charge is 0.494 e. The molecule has 0 spiro atoms. The van der Waals surface area contributed by atoms with Crippen molar-refractivity contribution in [3.63, 3.8) is 0 Å². The molecular weight excluding hydrogens is 176 g/mol. The van der Waals surface area contributed by atoms with Gasteiger partial charge in [0.25, 0.3) is 0 Å². The Labute approximate surface area is 82.9 Å². The van der Waals surface area contributed by atoms with Gasteiger partial charge in [-0.15, -0.1) is 0 Å². The predicted molar refractivity (Wildman–Crippen MR) is 57.6 cm³/mol. The molecule has 0 atom stereocenters. The molecule has 0 N–H and O–H groups in total. The quantitative estimate of drug-likeness (QED) is 0.497. The van der Waals surface area contributed by atoms with Crippen molar-refractivity contribution in [1.29, 1.82) is 0 Å². The van der Waals surface area contributed by atoms with E-state index in [1.54, 1.807) is 0 Å². The molecule has 0 aliphatic carbocycles. The van der Waals surface area contributed by atoms with Crippen molar-refractivity contribution in [1.82, 2.24) is 0 Å². The first-order valence-electron chi connectivity index (χ1n) is 4.76. The lowest BCUT2D eigenvalue weighted by Crippen LogP contribution is -1.97. The number of hydrogen-bond acceptors (Lipinski definition) is 1. The van der Waals surface area contributed by atoms with Gasteiger partial charge in [0.15, 0.2) is 0 Å². The summed E-state index contributed by atoms with van der Waals surface area (Å²) >= 11 is 0. The van der Waals surface area contributed by atoms with Gasteiger partial charge in [-0.2, -0.15) is 0 Å². The van der Waals surface area contributed by atoms with E-state index in [2.05, 4.69) is 6.55 Å². The summed E-state index contributed by atoms with van der Waals surface area (Å²) in [5.74, 6) is 0.987. The molecule has 0 unspecified atom stereocenters. The number of hydrogen-bond donors (Lipinski definition) is 0. The summed E-state index contributed by atoms with van der Waals surface area (Å²) in [7, 11) is 1.08. The second-order valence-electron chi connectivity index (χ2n) is 2.97. The summed E-state index contributed by atoms with van der Waals surface area (Å²) in [6.07, 6.45) is 2.47. The molecule has 0 bridgehead atoms. The zero-order chi connectivity index (χ0) is 9.36. The van der Waals surface area contributed by atoms with Crippen molar-refractivity contribution in [2.24, 2.45) is 0 Å². The second-order valence-corrected chi connectivity index (χ2v) is 4.18. The van der Waals surface area contributed by atoms with E-state index in [0.717, 1.165) is 21.9 Å². The first-order valence-corrected chi connectivity index (χ1v) is 6.46. The third kappa shape index (κ3) is 4.73. The number of unbranched alkanes of at least 4 members (excludes halogenated alkanes) is 1. The minimum atomic E-state index is 0.856. The van der Waals surface area contributed by atoms with Gasteiger partial charge in [0.2, 0.25) is 0 Å². The molecule has 13 heavy (non-hydrogen) atoms. The molecule has 2 radical (unpaired) electrons. The van der Waals surface area contributed by atoms with Crippen molar-refractivity contribution in [3.8, 4) is 5.75 Å². The highest BCUT2D eigenvalue weighted by molar-refractivity contribution is 6.33. The molecule has 0 saturated carbocycles. The zero-order valence-electron chi connectivity index (χ0n) is 8.12. The van der Waals surface area contributed by atoms with Gasteiger partial charge in [0.1, 0.15) is 5.75 Å². The van der Waals surface area contributed by atoms with Crippen LogP contribution in [-0.2, 0) is 0 Å². The van der Waals surface area contributed by atoms with Crippen LogP contribution >= 0.6 is 0 Å². The topological polar surface area (TPSA) is 9.23 Å². The Morgan fingerprint density at radius 2 is 1.92 bits per heavy atom. The third-order valence-electron chi connectivity index (χ3n) is 1.83. The predicted octanol–water partition coefficient (Wildman–Crippen LogP) is 3.02. The van der Waals surface area contributed by atoms with Crippen LogP contribution in [0.5, 0.6) is 5.75 Å². The van der Waals surface area contributed by atoms with E-state index in [1.165, 1.54) is 18.9 Å². The number of ether oxygens (including phenoxy) is 1. The van der Waals surface area contributed by atoms with Crippen LogP contribution in [0.4, 0.5) is 0 Å². The van der Waals surface area contributed by atoms with Crippen LogP contribution < -0.4 is 4.74 Å². The maximum Gasteiger partial charge on any atom is 0.119 e. The van der Waals surface area contributed by atoms with Gasteiger partial charge in [-0.25, -0.2) is 0 Å². The lowest BCUT2D eigenvalue weighted by molar-refractivity contribution is 0.309. The van der Waals surface area contributed by atoms with E-state index in [-0.39, 0.29) is 0 Å². The molecule has 0 aliphatic rings. The van der Waals surface area contributed by atoms with E-state index in [0.29, 0.717) is 0 Å². The fourth-order valence-corrected chi connectivity index (χ4v) is 1.71. The highest BCUT2D eigenvalue weighted by atomic mass is 28.2. The van der Waals surface area contributed by atoms with Crippen LogP contribution in [0.2, 0.25) is 12.6 Å². The Bertz CT molecular complexity index is 211. The third-order valence-corrected chi connectivity index (χ3v) is 2.69. The molecule has 0 aromatic heterocycles. The summed E-state index contributed by atoms with van der Waals surface area (Å²) in [6.45, 7) is 3.10. The van der Waals surface area contributed by atoms with E-state index >= 15 is 0 Å². The van der Waals surface area contributed by atoms with E-state index in [9.17, 15) is 0 Å². The van der Waals surface area contributed by atoms with Gasteiger partial charge in [0.05, 0.1) is 6.61 Å². The highest BCUT2D eigenvalue weighted by Gasteiger charge is 1.91. The molecule has 1 aromatic rings. The van der Waals surface area contributed by atoms with Crippen LogP contribution in [-0.4, -0.2) is 16.1 Å². The minimum Gasteiger partial charge on any atom is -0.494 e. The number of benzene rings is 1. The monoisotopic (exact) mass is 192 g/mol. The van der Waals surface area contributed by atoms with Crippen molar-refractivity contribution in [2.45, 2.75) is 25.4 Å². The molecular formula is C11H16OSi. The summed E-state index contributed by atoms with van der Waals surface area (Å²) in [5.41, 5.74) is 0. The van der Waals surface area contributed by atoms with Crippen LogP contribution in [0.3, 0.4) is 0 Å². The Morgan fingerprint density at radius 3 is 2.62 bits per heavy atom. The van der Waals surface area contributed by atoms with Crippen molar-refractivity contribution >= 4 is 9.52 Å². The van der Waals surface area contributed by atoms with E-state index < -0.39 is 0 Å². The molecule has 0 heterocycles. The molecule has 0 aliphatic heterocycles. The number of para-hydroxylation sites is 1. The van der Waals surface area contributed by atoms with Gasteiger partial charge < -0.3 is 4.74 Å². The van der Waals surface area contributed by atoms with Gasteiger partial charge >= 0.3 is 0 Å². The smallest absolute Gasteiger partial charge is 0.119 e. The van der Waals surface area contributed by atoms with Crippen molar-refractivity contribution in [3.05, 3.63) is 30.3 Å². The van der Waals surface area contributed by atoms with Crippen LogP contribution in [0.15, 0.2) is 30.3 Å². The fourth-order valence-electron chi connectivity index (χ4n) is 1.11. The highest BCUT2D eigenvalue weighted by Crippen LogP contribution is 2.09. The molecule has 0 saturated heterocycles. The normalized spacial score (nSPS) is 9.92. The Kier molecular flexibility index (Phi) is 5.33. The molecule has 0 amide bonds. The van der Waals surface area contributed by atoms with Crippen LogP contribution in [0.1, 0.15) is 12.8 Å².